The minimum Gasteiger partial charge on any atom is -0.490 e. The number of benzene rings is 1. The third-order valence-corrected chi connectivity index (χ3v) is 3.03. The molecule has 2 heterocycles. The number of fused-ring (bicyclic) bond motifs is 1. The van der Waals surface area contributed by atoms with Gasteiger partial charge in [0.2, 0.25) is 0 Å². The van der Waals surface area contributed by atoms with E-state index in [2.05, 4.69) is 10.3 Å². The summed E-state index contributed by atoms with van der Waals surface area (Å²) < 4.78 is 11.2. The van der Waals surface area contributed by atoms with Gasteiger partial charge in [0.25, 0.3) is 0 Å². The molecule has 0 bridgehead atoms. The molecule has 0 atom stereocenters. The minimum atomic E-state index is -0.996. The molecule has 6 nitrogen and oxygen atoms in total. The zero-order valence-corrected chi connectivity index (χ0v) is 11.2. The van der Waals surface area contributed by atoms with Crippen molar-refractivity contribution in [3.8, 4) is 11.5 Å². The van der Waals surface area contributed by atoms with Crippen LogP contribution < -0.4 is 14.8 Å². The molecular formula is C15H14N2O4. The highest BCUT2D eigenvalue weighted by molar-refractivity contribution is 5.87. The van der Waals surface area contributed by atoms with Gasteiger partial charge in [-0.15, -0.1) is 0 Å². The summed E-state index contributed by atoms with van der Waals surface area (Å²) in [5.41, 5.74) is 0.953. The molecule has 0 radical (unpaired) electrons. The van der Waals surface area contributed by atoms with Crippen molar-refractivity contribution in [3.05, 3.63) is 42.1 Å². The number of hydrogen-bond acceptors (Lipinski definition) is 5. The number of carbonyl (C=O) groups is 1. The SMILES string of the molecule is O=C(O)c1ccc(Nc2ccc3c(c2)OCCCO3)nc1. The number of carboxylic acid groups (broad SMARTS) is 1. The van der Waals surface area contributed by atoms with E-state index < -0.39 is 5.97 Å². The van der Waals surface area contributed by atoms with Crippen LogP contribution in [0.4, 0.5) is 11.5 Å². The molecule has 108 valence electrons. The van der Waals surface area contributed by atoms with Gasteiger partial charge in [-0.25, -0.2) is 9.78 Å². The van der Waals surface area contributed by atoms with E-state index in [1.165, 1.54) is 12.3 Å². The Labute approximate surface area is 121 Å². The molecule has 0 saturated heterocycles. The molecule has 6 heteroatoms. The van der Waals surface area contributed by atoms with Crippen LogP contribution in [0.25, 0.3) is 0 Å². The molecule has 2 aromatic rings. The molecule has 1 aromatic heterocycles. The van der Waals surface area contributed by atoms with E-state index in [1.807, 2.05) is 18.2 Å². The zero-order valence-electron chi connectivity index (χ0n) is 11.2. The number of anilines is 2. The number of carboxylic acids is 1. The lowest BCUT2D eigenvalue weighted by molar-refractivity contribution is 0.0696. The molecular weight excluding hydrogens is 272 g/mol. The summed E-state index contributed by atoms with van der Waals surface area (Å²) in [6.45, 7) is 1.28. The van der Waals surface area contributed by atoms with Gasteiger partial charge in [-0.3, -0.25) is 0 Å². The molecule has 0 fully saturated rings. The van der Waals surface area contributed by atoms with E-state index in [0.29, 0.717) is 24.8 Å². The van der Waals surface area contributed by atoms with Crippen molar-refractivity contribution in [1.29, 1.82) is 0 Å². The van der Waals surface area contributed by atoms with Gasteiger partial charge >= 0.3 is 5.97 Å². The van der Waals surface area contributed by atoms with Gasteiger partial charge in [0.1, 0.15) is 5.82 Å². The quantitative estimate of drug-likeness (QED) is 0.903. The Morgan fingerprint density at radius 3 is 2.67 bits per heavy atom. The monoisotopic (exact) mass is 286 g/mol. The van der Waals surface area contributed by atoms with Crippen molar-refractivity contribution in [2.24, 2.45) is 0 Å². The smallest absolute Gasteiger partial charge is 0.337 e. The van der Waals surface area contributed by atoms with Crippen molar-refractivity contribution < 1.29 is 19.4 Å². The normalized spacial score (nSPS) is 13.3. The van der Waals surface area contributed by atoms with Gasteiger partial charge < -0.3 is 19.9 Å². The van der Waals surface area contributed by atoms with Gasteiger partial charge in [0.15, 0.2) is 11.5 Å². The number of nitrogens with one attached hydrogen (secondary N) is 1. The van der Waals surface area contributed by atoms with Crippen LogP contribution in [-0.2, 0) is 0 Å². The Kier molecular flexibility index (Phi) is 3.59. The van der Waals surface area contributed by atoms with Gasteiger partial charge in [-0.1, -0.05) is 0 Å². The maximum atomic E-state index is 10.8. The molecule has 1 aliphatic rings. The Morgan fingerprint density at radius 1 is 1.14 bits per heavy atom. The van der Waals surface area contributed by atoms with E-state index >= 15 is 0 Å². The van der Waals surface area contributed by atoms with Gasteiger partial charge in [0, 0.05) is 24.4 Å². The lowest BCUT2D eigenvalue weighted by atomic mass is 10.2. The first-order valence-electron chi connectivity index (χ1n) is 6.58. The number of hydrogen-bond donors (Lipinski definition) is 2. The summed E-state index contributed by atoms with van der Waals surface area (Å²) in [4.78, 5) is 14.8. The molecule has 21 heavy (non-hydrogen) atoms. The fraction of sp³-hybridized carbons (Fsp3) is 0.200. The first kappa shape index (κ1) is 13.2. The van der Waals surface area contributed by atoms with Crippen LogP contribution >= 0.6 is 0 Å². The maximum Gasteiger partial charge on any atom is 0.337 e. The fourth-order valence-corrected chi connectivity index (χ4v) is 1.98. The highest BCUT2D eigenvalue weighted by Gasteiger charge is 2.11. The molecule has 1 aromatic carbocycles. The first-order valence-corrected chi connectivity index (χ1v) is 6.58. The van der Waals surface area contributed by atoms with E-state index in [0.717, 1.165) is 17.9 Å². The number of nitrogens with zero attached hydrogens (tertiary/aromatic N) is 1. The molecule has 2 N–H and O–H groups in total. The molecule has 0 saturated carbocycles. The summed E-state index contributed by atoms with van der Waals surface area (Å²) in [6.07, 6.45) is 2.17. The Morgan fingerprint density at radius 2 is 1.95 bits per heavy atom. The maximum absolute atomic E-state index is 10.8. The number of pyridine rings is 1. The van der Waals surface area contributed by atoms with Crippen LogP contribution in [0.2, 0.25) is 0 Å². The lowest BCUT2D eigenvalue weighted by Crippen LogP contribution is -1.99. The van der Waals surface area contributed by atoms with E-state index in [-0.39, 0.29) is 5.56 Å². The fourth-order valence-electron chi connectivity index (χ4n) is 1.98. The second kappa shape index (κ2) is 5.70. The Bertz CT molecular complexity index is 655. The van der Waals surface area contributed by atoms with Crippen LogP contribution in [0, 0.1) is 0 Å². The van der Waals surface area contributed by atoms with Crippen molar-refractivity contribution in [1.82, 2.24) is 4.98 Å². The first-order chi connectivity index (χ1) is 10.2. The predicted molar refractivity (Wildman–Crippen MR) is 76.5 cm³/mol. The van der Waals surface area contributed by atoms with Crippen molar-refractivity contribution in [2.45, 2.75) is 6.42 Å². The summed E-state index contributed by atoms with van der Waals surface area (Å²) >= 11 is 0. The summed E-state index contributed by atoms with van der Waals surface area (Å²) in [7, 11) is 0. The summed E-state index contributed by atoms with van der Waals surface area (Å²) in [5, 5.41) is 11.9. The second-order valence-corrected chi connectivity index (χ2v) is 4.57. The van der Waals surface area contributed by atoms with Crippen LogP contribution in [0.15, 0.2) is 36.5 Å². The number of ether oxygens (including phenoxy) is 2. The molecule has 0 aliphatic carbocycles. The van der Waals surface area contributed by atoms with E-state index in [1.54, 1.807) is 6.07 Å². The third kappa shape index (κ3) is 3.05. The topological polar surface area (TPSA) is 80.7 Å². The van der Waals surface area contributed by atoms with Crippen LogP contribution in [0.5, 0.6) is 11.5 Å². The summed E-state index contributed by atoms with van der Waals surface area (Å²) in [6, 6.07) is 8.66. The highest BCUT2D eigenvalue weighted by Crippen LogP contribution is 2.33. The minimum absolute atomic E-state index is 0.152. The van der Waals surface area contributed by atoms with E-state index in [9.17, 15) is 4.79 Å². The predicted octanol–water partition coefficient (Wildman–Crippen LogP) is 2.68. The van der Waals surface area contributed by atoms with Gasteiger partial charge in [-0.05, 0) is 24.3 Å². The zero-order chi connectivity index (χ0) is 14.7. The van der Waals surface area contributed by atoms with Crippen molar-refractivity contribution in [2.75, 3.05) is 18.5 Å². The second-order valence-electron chi connectivity index (χ2n) is 4.57. The van der Waals surface area contributed by atoms with Crippen molar-refractivity contribution >= 4 is 17.5 Å². The molecule has 0 spiro atoms. The van der Waals surface area contributed by atoms with Gasteiger partial charge in [-0.2, -0.15) is 0 Å². The van der Waals surface area contributed by atoms with Crippen LogP contribution in [-0.4, -0.2) is 29.3 Å². The van der Waals surface area contributed by atoms with Crippen molar-refractivity contribution in [3.63, 3.8) is 0 Å². The van der Waals surface area contributed by atoms with Gasteiger partial charge in [0.05, 0.1) is 18.8 Å². The number of aromatic carboxylic acids is 1. The summed E-state index contributed by atoms with van der Waals surface area (Å²) in [5.74, 6) is 0.992. The molecule has 1 aliphatic heterocycles. The third-order valence-electron chi connectivity index (χ3n) is 3.03. The standard InChI is InChI=1S/C15H14N2O4/c18-15(19)10-2-5-14(16-9-10)17-11-3-4-12-13(8-11)21-7-1-6-20-12/h2-5,8-9H,1,6-7H2,(H,16,17)(H,18,19). The lowest BCUT2D eigenvalue weighted by Gasteiger charge is -2.10. The number of rotatable bonds is 3. The van der Waals surface area contributed by atoms with Crippen LogP contribution in [0.1, 0.15) is 16.8 Å². The largest absolute Gasteiger partial charge is 0.490 e. The number of aromatic nitrogens is 1. The average molecular weight is 286 g/mol. The Balaban J connectivity index is 1.78. The average Bonchev–Trinajstić information content (AvgIpc) is 2.72. The molecule has 0 unspecified atom stereocenters. The van der Waals surface area contributed by atoms with Crippen LogP contribution in [0.3, 0.4) is 0 Å². The Hall–Kier alpha value is -2.76. The highest BCUT2D eigenvalue weighted by atomic mass is 16.5. The molecule has 3 rings (SSSR count). The molecule has 0 amide bonds. The van der Waals surface area contributed by atoms with E-state index in [4.69, 9.17) is 14.6 Å².